The lowest BCUT2D eigenvalue weighted by Crippen LogP contribution is -2.31. The molecule has 1 heterocycles. The van der Waals surface area contributed by atoms with E-state index in [0.717, 1.165) is 12.1 Å². The Morgan fingerprint density at radius 3 is 2.62 bits per heavy atom. The Bertz CT molecular complexity index is 752. The van der Waals surface area contributed by atoms with Crippen molar-refractivity contribution in [3.63, 3.8) is 0 Å². The minimum atomic E-state index is -4.55. The van der Waals surface area contributed by atoms with Gasteiger partial charge in [-0.25, -0.2) is 9.37 Å². The highest BCUT2D eigenvalue weighted by molar-refractivity contribution is 6.33. The summed E-state index contributed by atoms with van der Waals surface area (Å²) in [6.45, 7) is -0.228. The molecule has 1 aromatic heterocycles. The van der Waals surface area contributed by atoms with Gasteiger partial charge in [0.25, 0.3) is 0 Å². The topological polar surface area (TPSA) is 45.2 Å². The fourth-order valence-corrected chi connectivity index (χ4v) is 2.23. The quantitative estimate of drug-likeness (QED) is 0.838. The van der Waals surface area contributed by atoms with Crippen LogP contribution in [0.4, 0.5) is 29.1 Å². The lowest BCUT2D eigenvalue weighted by molar-refractivity contribution is -0.137. The van der Waals surface area contributed by atoms with Gasteiger partial charge >= 0.3 is 6.18 Å². The Morgan fingerprint density at radius 1 is 1.33 bits per heavy atom. The molecule has 0 saturated carbocycles. The molecule has 1 aromatic carbocycles. The van der Waals surface area contributed by atoms with Crippen molar-refractivity contribution < 1.29 is 22.4 Å². The number of carbonyl (C=O) groups excluding carboxylic acids is 1. The number of amides is 1. The van der Waals surface area contributed by atoms with Gasteiger partial charge in [0.05, 0.1) is 17.1 Å². The third-order valence-electron chi connectivity index (χ3n) is 3.00. The molecule has 1 N–H and O–H groups in total. The highest BCUT2D eigenvalue weighted by Gasteiger charge is 2.32. The first-order valence-electron chi connectivity index (χ1n) is 6.66. The second-order valence-corrected chi connectivity index (χ2v) is 5.35. The van der Waals surface area contributed by atoms with Crippen molar-refractivity contribution in [1.29, 1.82) is 0 Å². The van der Waals surface area contributed by atoms with Gasteiger partial charge in [-0.2, -0.15) is 13.2 Å². The number of hydrogen-bond acceptors (Lipinski definition) is 3. The highest BCUT2D eigenvalue weighted by atomic mass is 35.5. The first kappa shape index (κ1) is 18.0. The van der Waals surface area contributed by atoms with Gasteiger partial charge in [-0.05, 0) is 24.3 Å². The second-order valence-electron chi connectivity index (χ2n) is 4.94. The van der Waals surface area contributed by atoms with E-state index < -0.39 is 23.5 Å². The highest BCUT2D eigenvalue weighted by Crippen LogP contribution is 2.33. The molecule has 1 amide bonds. The molecule has 4 nitrogen and oxygen atoms in total. The monoisotopic (exact) mass is 361 g/mol. The van der Waals surface area contributed by atoms with Crippen LogP contribution >= 0.6 is 11.6 Å². The van der Waals surface area contributed by atoms with Crippen LogP contribution < -0.4 is 10.2 Å². The van der Waals surface area contributed by atoms with E-state index in [9.17, 15) is 22.4 Å². The zero-order valence-corrected chi connectivity index (χ0v) is 13.1. The first-order chi connectivity index (χ1) is 11.2. The van der Waals surface area contributed by atoms with Crippen LogP contribution in [0.2, 0.25) is 5.02 Å². The van der Waals surface area contributed by atoms with Gasteiger partial charge < -0.3 is 10.2 Å². The summed E-state index contributed by atoms with van der Waals surface area (Å²) in [7, 11) is 1.45. The first-order valence-corrected chi connectivity index (χ1v) is 7.04. The van der Waals surface area contributed by atoms with E-state index in [1.807, 2.05) is 0 Å². The molecule has 24 heavy (non-hydrogen) atoms. The summed E-state index contributed by atoms with van der Waals surface area (Å²) < 4.78 is 50.8. The number of nitrogens with zero attached hydrogens (tertiary/aromatic N) is 2. The van der Waals surface area contributed by atoms with E-state index in [2.05, 4.69) is 10.3 Å². The third kappa shape index (κ3) is 4.58. The van der Waals surface area contributed by atoms with Crippen LogP contribution in [0.1, 0.15) is 5.56 Å². The van der Waals surface area contributed by atoms with E-state index in [-0.39, 0.29) is 23.1 Å². The number of halogens is 5. The molecule has 0 unspecified atom stereocenters. The fourth-order valence-electron chi connectivity index (χ4n) is 1.92. The summed E-state index contributed by atoms with van der Waals surface area (Å²) in [5.74, 6) is -0.978. The van der Waals surface area contributed by atoms with Crippen LogP contribution in [0.25, 0.3) is 0 Å². The van der Waals surface area contributed by atoms with E-state index in [0.29, 0.717) is 6.20 Å². The van der Waals surface area contributed by atoms with Gasteiger partial charge in [0, 0.05) is 18.9 Å². The summed E-state index contributed by atoms with van der Waals surface area (Å²) in [6, 6.07) is 6.05. The van der Waals surface area contributed by atoms with Crippen molar-refractivity contribution >= 4 is 29.0 Å². The van der Waals surface area contributed by atoms with Crippen molar-refractivity contribution in [2.75, 3.05) is 23.8 Å². The van der Waals surface area contributed by atoms with Crippen molar-refractivity contribution in [2.45, 2.75) is 6.18 Å². The van der Waals surface area contributed by atoms with Crippen LogP contribution in [0, 0.1) is 5.82 Å². The SMILES string of the molecule is CN(CC(=O)Nc1cccc(F)c1)c1ncc(C(F)(F)F)cc1Cl. The van der Waals surface area contributed by atoms with Gasteiger partial charge in [-0.15, -0.1) is 0 Å². The molecule has 9 heteroatoms. The Morgan fingerprint density at radius 2 is 2.04 bits per heavy atom. The molecule has 0 bridgehead atoms. The maximum atomic E-state index is 13.1. The number of benzene rings is 1. The molecule has 0 spiro atoms. The number of pyridine rings is 1. The van der Waals surface area contributed by atoms with Crippen molar-refractivity contribution in [3.05, 3.63) is 52.9 Å². The third-order valence-corrected chi connectivity index (χ3v) is 3.28. The summed E-state index contributed by atoms with van der Waals surface area (Å²) in [4.78, 5) is 16.9. The number of nitrogens with one attached hydrogen (secondary N) is 1. The number of alkyl halides is 3. The van der Waals surface area contributed by atoms with Crippen LogP contribution in [0.5, 0.6) is 0 Å². The average Bonchev–Trinajstić information content (AvgIpc) is 2.45. The molecule has 2 rings (SSSR count). The molecule has 0 radical (unpaired) electrons. The zero-order chi connectivity index (χ0) is 17.9. The smallest absolute Gasteiger partial charge is 0.349 e. The van der Waals surface area contributed by atoms with Gasteiger partial charge in [0.1, 0.15) is 11.6 Å². The zero-order valence-electron chi connectivity index (χ0n) is 12.4. The van der Waals surface area contributed by atoms with Gasteiger partial charge in [-0.3, -0.25) is 4.79 Å². The van der Waals surface area contributed by atoms with Crippen molar-refractivity contribution in [1.82, 2.24) is 4.98 Å². The predicted octanol–water partition coefficient (Wildman–Crippen LogP) is 3.97. The van der Waals surface area contributed by atoms with E-state index in [1.165, 1.54) is 30.1 Å². The number of likely N-dealkylation sites (N-methyl/N-ethyl adjacent to an activating group) is 1. The van der Waals surface area contributed by atoms with Gasteiger partial charge in [-0.1, -0.05) is 17.7 Å². The normalized spacial score (nSPS) is 11.2. The lowest BCUT2D eigenvalue weighted by atomic mass is 10.2. The predicted molar refractivity (Wildman–Crippen MR) is 82.5 cm³/mol. The number of aromatic nitrogens is 1. The molecule has 0 aliphatic heterocycles. The maximum absolute atomic E-state index is 13.1. The summed E-state index contributed by atoms with van der Waals surface area (Å²) >= 11 is 5.81. The average molecular weight is 362 g/mol. The second kappa shape index (κ2) is 7.04. The fraction of sp³-hybridized carbons (Fsp3) is 0.200. The number of anilines is 2. The molecular weight excluding hydrogens is 350 g/mol. The molecule has 2 aromatic rings. The largest absolute Gasteiger partial charge is 0.417 e. The Labute approximate surface area is 140 Å². The molecule has 0 saturated heterocycles. The maximum Gasteiger partial charge on any atom is 0.417 e. The van der Waals surface area contributed by atoms with Gasteiger partial charge in [0.2, 0.25) is 5.91 Å². The number of rotatable bonds is 4. The van der Waals surface area contributed by atoms with Crippen LogP contribution in [0.15, 0.2) is 36.5 Å². The van der Waals surface area contributed by atoms with Gasteiger partial charge in [0.15, 0.2) is 0 Å². The van der Waals surface area contributed by atoms with E-state index in [4.69, 9.17) is 11.6 Å². The lowest BCUT2D eigenvalue weighted by Gasteiger charge is -2.19. The Kier molecular flexibility index (Phi) is 5.28. The minimum Gasteiger partial charge on any atom is -0.349 e. The molecule has 0 aliphatic carbocycles. The Balaban J connectivity index is 2.06. The van der Waals surface area contributed by atoms with E-state index in [1.54, 1.807) is 0 Å². The molecule has 0 aliphatic rings. The molecule has 128 valence electrons. The van der Waals surface area contributed by atoms with Crippen molar-refractivity contribution in [3.8, 4) is 0 Å². The van der Waals surface area contributed by atoms with Crippen LogP contribution in [0.3, 0.4) is 0 Å². The van der Waals surface area contributed by atoms with E-state index >= 15 is 0 Å². The molecule has 0 fully saturated rings. The standard InChI is InChI=1S/C15H12ClF4N3O/c1-23(8-13(24)22-11-4-2-3-10(17)6-11)14-12(16)5-9(7-21-14)15(18,19)20/h2-7H,8H2,1H3,(H,22,24). The van der Waals surface area contributed by atoms with Crippen LogP contribution in [-0.4, -0.2) is 24.5 Å². The molecule has 0 atom stereocenters. The molecular formula is C15H12ClF4N3O. The van der Waals surface area contributed by atoms with Crippen LogP contribution in [-0.2, 0) is 11.0 Å². The minimum absolute atomic E-state index is 0.0269. The summed E-state index contributed by atoms with van der Waals surface area (Å²) in [5.41, 5.74) is -0.714. The summed E-state index contributed by atoms with van der Waals surface area (Å²) in [6.07, 6.45) is -3.91. The number of hydrogen-bond donors (Lipinski definition) is 1. The summed E-state index contributed by atoms with van der Waals surface area (Å²) in [5, 5.41) is 2.24. The van der Waals surface area contributed by atoms with Crippen molar-refractivity contribution in [2.24, 2.45) is 0 Å². The Hall–Kier alpha value is -2.35. The number of carbonyl (C=O) groups is 1.